The number of aryl methyl sites for hydroxylation is 1. The number of hydrogen-bond acceptors (Lipinski definition) is 5. The Hall–Kier alpha value is -1.56. The van der Waals surface area contributed by atoms with Crippen LogP contribution in [-0.4, -0.2) is 53.2 Å². The van der Waals surface area contributed by atoms with E-state index in [1.807, 2.05) is 40.8 Å². The number of aromatic nitrogens is 2. The maximum Gasteiger partial charge on any atom is 0.410 e. The minimum Gasteiger partial charge on any atom is -0.444 e. The SMILES string of the molecule is Cc1cc(N(C)CC2CCN(C(=O)OC(C)(C)C)CC2)nc(Cl)n1. The van der Waals surface area contributed by atoms with Crippen LogP contribution in [0.5, 0.6) is 0 Å². The summed E-state index contributed by atoms with van der Waals surface area (Å²) < 4.78 is 5.43. The Morgan fingerprint density at radius 3 is 2.54 bits per heavy atom. The Bertz CT molecular complexity index is 560. The zero-order chi connectivity index (χ0) is 17.9. The number of hydrogen-bond donors (Lipinski definition) is 0. The van der Waals surface area contributed by atoms with Gasteiger partial charge in [0.25, 0.3) is 0 Å². The van der Waals surface area contributed by atoms with Crippen molar-refractivity contribution in [2.24, 2.45) is 5.92 Å². The molecular formula is C17H27ClN4O2. The van der Waals surface area contributed by atoms with E-state index in [0.29, 0.717) is 5.92 Å². The second-order valence-electron chi connectivity index (χ2n) is 7.43. The normalized spacial score (nSPS) is 16.2. The highest BCUT2D eigenvalue weighted by Gasteiger charge is 2.27. The Balaban J connectivity index is 1.85. The van der Waals surface area contributed by atoms with E-state index in [1.54, 1.807) is 4.90 Å². The van der Waals surface area contributed by atoms with Gasteiger partial charge in [-0.3, -0.25) is 0 Å². The van der Waals surface area contributed by atoms with Gasteiger partial charge in [-0.05, 0) is 58.1 Å². The van der Waals surface area contributed by atoms with E-state index in [1.165, 1.54) is 0 Å². The van der Waals surface area contributed by atoms with Crippen molar-refractivity contribution in [1.82, 2.24) is 14.9 Å². The van der Waals surface area contributed by atoms with E-state index < -0.39 is 5.60 Å². The van der Waals surface area contributed by atoms with Crippen molar-refractivity contribution in [1.29, 1.82) is 0 Å². The zero-order valence-electron chi connectivity index (χ0n) is 15.2. The molecule has 7 heteroatoms. The summed E-state index contributed by atoms with van der Waals surface area (Å²) >= 11 is 5.94. The molecule has 2 rings (SSSR count). The highest BCUT2D eigenvalue weighted by molar-refractivity contribution is 6.28. The van der Waals surface area contributed by atoms with Crippen molar-refractivity contribution in [3.8, 4) is 0 Å². The van der Waals surface area contributed by atoms with Crippen LogP contribution in [0.15, 0.2) is 6.07 Å². The van der Waals surface area contributed by atoms with Gasteiger partial charge in [0.05, 0.1) is 0 Å². The molecule has 1 aliphatic heterocycles. The third-order valence-corrected chi connectivity index (χ3v) is 4.17. The van der Waals surface area contributed by atoms with Crippen LogP contribution in [0.1, 0.15) is 39.3 Å². The molecule has 1 aromatic heterocycles. The van der Waals surface area contributed by atoms with Gasteiger partial charge >= 0.3 is 6.09 Å². The molecule has 1 aromatic rings. The average Bonchev–Trinajstić information content (AvgIpc) is 2.45. The molecule has 1 amide bonds. The van der Waals surface area contributed by atoms with Crippen molar-refractivity contribution in [3.63, 3.8) is 0 Å². The van der Waals surface area contributed by atoms with Crippen molar-refractivity contribution in [3.05, 3.63) is 17.0 Å². The number of nitrogens with zero attached hydrogens (tertiary/aromatic N) is 4. The minimum absolute atomic E-state index is 0.215. The average molecular weight is 355 g/mol. The van der Waals surface area contributed by atoms with Crippen LogP contribution in [-0.2, 0) is 4.74 Å². The van der Waals surface area contributed by atoms with E-state index in [0.717, 1.165) is 44.0 Å². The Kier molecular flexibility index (Phi) is 5.91. The van der Waals surface area contributed by atoms with Gasteiger partial charge in [-0.15, -0.1) is 0 Å². The topological polar surface area (TPSA) is 58.6 Å². The number of ether oxygens (including phenoxy) is 1. The van der Waals surface area contributed by atoms with E-state index in [-0.39, 0.29) is 11.4 Å². The summed E-state index contributed by atoms with van der Waals surface area (Å²) in [4.78, 5) is 24.4. The predicted octanol–water partition coefficient (Wildman–Crippen LogP) is 3.52. The molecule has 6 nitrogen and oxygen atoms in total. The lowest BCUT2D eigenvalue weighted by Crippen LogP contribution is -2.43. The molecule has 0 atom stereocenters. The van der Waals surface area contributed by atoms with Crippen LogP contribution in [0.25, 0.3) is 0 Å². The molecular weight excluding hydrogens is 328 g/mol. The fourth-order valence-corrected chi connectivity index (χ4v) is 3.04. The van der Waals surface area contributed by atoms with Gasteiger partial charge in [0.2, 0.25) is 5.28 Å². The highest BCUT2D eigenvalue weighted by atomic mass is 35.5. The van der Waals surface area contributed by atoms with Gasteiger partial charge in [-0.2, -0.15) is 0 Å². The van der Waals surface area contributed by atoms with Gasteiger partial charge < -0.3 is 14.5 Å². The lowest BCUT2D eigenvalue weighted by molar-refractivity contribution is 0.0186. The Morgan fingerprint density at radius 2 is 2.00 bits per heavy atom. The van der Waals surface area contributed by atoms with Gasteiger partial charge in [0.15, 0.2) is 0 Å². The molecule has 0 saturated carbocycles. The molecule has 0 aromatic carbocycles. The van der Waals surface area contributed by atoms with Crippen LogP contribution < -0.4 is 4.90 Å². The molecule has 24 heavy (non-hydrogen) atoms. The van der Waals surface area contributed by atoms with Gasteiger partial charge in [-0.1, -0.05) is 0 Å². The van der Waals surface area contributed by atoms with Crippen molar-refractivity contribution in [2.75, 3.05) is 31.6 Å². The van der Waals surface area contributed by atoms with Gasteiger partial charge in [0, 0.05) is 38.4 Å². The monoisotopic (exact) mass is 354 g/mol. The van der Waals surface area contributed by atoms with Crippen LogP contribution in [0.3, 0.4) is 0 Å². The van der Waals surface area contributed by atoms with E-state index in [2.05, 4.69) is 14.9 Å². The summed E-state index contributed by atoms with van der Waals surface area (Å²) in [5.41, 5.74) is 0.412. The second-order valence-corrected chi connectivity index (χ2v) is 7.77. The zero-order valence-corrected chi connectivity index (χ0v) is 15.9. The quantitative estimate of drug-likeness (QED) is 0.777. The van der Waals surface area contributed by atoms with Gasteiger partial charge in [-0.25, -0.2) is 14.8 Å². The first kappa shape index (κ1) is 18.8. The standard InChI is InChI=1S/C17H27ClN4O2/c1-12-10-14(20-15(18)19-12)21(5)11-13-6-8-22(9-7-13)16(23)24-17(2,3)4/h10,13H,6-9,11H2,1-5H3. The third kappa shape index (κ3) is 5.51. The van der Waals surface area contributed by atoms with Crippen LogP contribution in [0.4, 0.5) is 10.6 Å². The number of likely N-dealkylation sites (tertiary alicyclic amines) is 1. The number of anilines is 1. The van der Waals surface area contributed by atoms with Crippen LogP contribution in [0, 0.1) is 12.8 Å². The molecule has 1 aliphatic rings. The minimum atomic E-state index is -0.446. The highest BCUT2D eigenvalue weighted by Crippen LogP contribution is 2.22. The molecule has 0 aliphatic carbocycles. The van der Waals surface area contributed by atoms with E-state index >= 15 is 0 Å². The summed E-state index contributed by atoms with van der Waals surface area (Å²) in [6, 6.07) is 1.93. The maximum atomic E-state index is 12.1. The smallest absolute Gasteiger partial charge is 0.410 e. The molecule has 0 N–H and O–H groups in total. The van der Waals surface area contributed by atoms with Crippen molar-refractivity contribution < 1.29 is 9.53 Å². The fraction of sp³-hybridized carbons (Fsp3) is 0.706. The summed E-state index contributed by atoms with van der Waals surface area (Å²) in [6.07, 6.45) is 1.70. The Labute approximate surface area is 149 Å². The third-order valence-electron chi connectivity index (χ3n) is 4.00. The first-order valence-corrected chi connectivity index (χ1v) is 8.72. The molecule has 1 saturated heterocycles. The Morgan fingerprint density at radius 1 is 1.38 bits per heavy atom. The molecule has 0 spiro atoms. The predicted molar refractivity (Wildman–Crippen MR) is 95.6 cm³/mol. The summed E-state index contributed by atoms with van der Waals surface area (Å²) in [5, 5.41) is 0.275. The van der Waals surface area contributed by atoms with E-state index in [9.17, 15) is 4.79 Å². The number of halogens is 1. The number of carbonyl (C=O) groups excluding carboxylic acids is 1. The van der Waals surface area contributed by atoms with Crippen molar-refractivity contribution >= 4 is 23.5 Å². The molecule has 2 heterocycles. The second kappa shape index (κ2) is 7.55. The first-order valence-electron chi connectivity index (χ1n) is 8.34. The molecule has 0 radical (unpaired) electrons. The number of piperidine rings is 1. The lowest BCUT2D eigenvalue weighted by atomic mass is 9.96. The molecule has 0 unspecified atom stereocenters. The lowest BCUT2D eigenvalue weighted by Gasteiger charge is -2.35. The van der Waals surface area contributed by atoms with Crippen LogP contribution in [0.2, 0.25) is 5.28 Å². The van der Waals surface area contributed by atoms with Gasteiger partial charge in [0.1, 0.15) is 11.4 Å². The maximum absolute atomic E-state index is 12.1. The van der Waals surface area contributed by atoms with E-state index in [4.69, 9.17) is 16.3 Å². The molecule has 0 bridgehead atoms. The first-order chi connectivity index (χ1) is 11.1. The largest absolute Gasteiger partial charge is 0.444 e. The summed E-state index contributed by atoms with van der Waals surface area (Å²) in [6.45, 7) is 9.93. The summed E-state index contributed by atoms with van der Waals surface area (Å²) in [5.74, 6) is 1.35. The van der Waals surface area contributed by atoms with Crippen molar-refractivity contribution in [2.45, 2.75) is 46.1 Å². The molecule has 134 valence electrons. The number of rotatable bonds is 3. The number of carbonyl (C=O) groups is 1. The summed E-state index contributed by atoms with van der Waals surface area (Å²) in [7, 11) is 2.01. The fourth-order valence-electron chi connectivity index (χ4n) is 2.82. The molecule has 1 fully saturated rings. The van der Waals surface area contributed by atoms with Crippen LogP contribution >= 0.6 is 11.6 Å². The number of amides is 1.